The van der Waals surface area contributed by atoms with E-state index in [1.807, 2.05) is 0 Å². The summed E-state index contributed by atoms with van der Waals surface area (Å²) in [5.74, 6) is 0. The van der Waals surface area contributed by atoms with Gasteiger partial charge in [0.25, 0.3) is 0 Å². The van der Waals surface area contributed by atoms with Crippen molar-refractivity contribution in [3.63, 3.8) is 0 Å². The molecule has 12 rings (SSSR count). The van der Waals surface area contributed by atoms with Crippen LogP contribution in [0.15, 0.2) is 218 Å². The second kappa shape index (κ2) is 12.9. The summed E-state index contributed by atoms with van der Waals surface area (Å²) < 4.78 is 2.45. The number of rotatable bonds is 5. The molecule has 2 heteroatoms. The number of aromatic nitrogens is 1. The van der Waals surface area contributed by atoms with Gasteiger partial charge in [-0.2, -0.15) is 0 Å². The van der Waals surface area contributed by atoms with E-state index in [1.165, 1.54) is 86.8 Å². The van der Waals surface area contributed by atoms with Gasteiger partial charge < -0.3 is 9.47 Å². The van der Waals surface area contributed by atoms with E-state index < -0.39 is 0 Å². The van der Waals surface area contributed by atoms with E-state index in [0.29, 0.717) is 0 Å². The maximum atomic E-state index is 2.51. The molecule has 0 fully saturated rings. The summed E-state index contributed by atoms with van der Waals surface area (Å²) in [6, 6.07) is 80.2. The zero-order valence-corrected chi connectivity index (χ0v) is 31.7. The highest BCUT2D eigenvalue weighted by Crippen LogP contribution is 2.48. The molecule has 0 atom stereocenters. The number of anilines is 3. The minimum absolute atomic E-state index is 1.10. The summed E-state index contributed by atoms with van der Waals surface area (Å²) in [5.41, 5.74) is 9.36. The number of benzene rings is 11. The predicted octanol–water partition coefficient (Wildman–Crippen LogP) is 15.7. The summed E-state index contributed by atoms with van der Waals surface area (Å²) in [6.07, 6.45) is 0. The molecule has 0 N–H and O–H groups in total. The second-order valence-electron chi connectivity index (χ2n) is 15.3. The summed E-state index contributed by atoms with van der Waals surface area (Å²) in [7, 11) is 0. The first-order valence-corrected chi connectivity index (χ1v) is 20.0. The molecule has 0 aliphatic rings. The van der Waals surface area contributed by atoms with E-state index in [2.05, 4.69) is 228 Å². The third-order valence-corrected chi connectivity index (χ3v) is 12.1. The van der Waals surface area contributed by atoms with Crippen LogP contribution in [-0.2, 0) is 0 Å². The molecule has 1 heterocycles. The van der Waals surface area contributed by atoms with Gasteiger partial charge in [-0.15, -0.1) is 0 Å². The Morgan fingerprint density at radius 3 is 1.52 bits per heavy atom. The van der Waals surface area contributed by atoms with E-state index in [9.17, 15) is 0 Å². The van der Waals surface area contributed by atoms with Crippen LogP contribution in [0.1, 0.15) is 0 Å². The average Bonchev–Trinajstić information content (AvgIpc) is 3.65. The van der Waals surface area contributed by atoms with Crippen LogP contribution in [0.3, 0.4) is 0 Å². The third-order valence-electron chi connectivity index (χ3n) is 12.1. The maximum absolute atomic E-state index is 2.51. The molecule has 58 heavy (non-hydrogen) atoms. The van der Waals surface area contributed by atoms with Crippen molar-refractivity contribution in [2.75, 3.05) is 4.90 Å². The van der Waals surface area contributed by atoms with Crippen LogP contribution in [-0.4, -0.2) is 4.57 Å². The predicted molar refractivity (Wildman–Crippen MR) is 248 cm³/mol. The van der Waals surface area contributed by atoms with Crippen molar-refractivity contribution in [3.8, 4) is 16.8 Å². The number of nitrogens with zero attached hydrogens (tertiary/aromatic N) is 2. The Labute approximate surface area is 336 Å². The fourth-order valence-electron chi connectivity index (χ4n) is 9.57. The lowest BCUT2D eigenvalue weighted by Gasteiger charge is -2.29. The molecule has 2 nitrogen and oxygen atoms in total. The third kappa shape index (κ3) is 4.92. The van der Waals surface area contributed by atoms with Gasteiger partial charge in [-0.05, 0) is 91.3 Å². The number of para-hydroxylation sites is 1. The molecule has 0 saturated heterocycles. The molecule has 12 aromatic rings. The molecule has 0 radical (unpaired) electrons. The number of fused-ring (bicyclic) bond motifs is 11. The lowest BCUT2D eigenvalue weighted by atomic mass is 9.95. The molecule has 270 valence electrons. The molecule has 0 spiro atoms. The molecule has 1 aromatic heterocycles. The van der Waals surface area contributed by atoms with Crippen molar-refractivity contribution in [2.24, 2.45) is 0 Å². The van der Waals surface area contributed by atoms with Crippen LogP contribution >= 0.6 is 0 Å². The van der Waals surface area contributed by atoms with Crippen molar-refractivity contribution >= 4 is 92.7 Å². The van der Waals surface area contributed by atoms with Crippen molar-refractivity contribution in [2.45, 2.75) is 0 Å². The van der Waals surface area contributed by atoms with E-state index >= 15 is 0 Å². The van der Waals surface area contributed by atoms with E-state index in [1.54, 1.807) is 0 Å². The van der Waals surface area contributed by atoms with Crippen molar-refractivity contribution < 1.29 is 0 Å². The maximum Gasteiger partial charge on any atom is 0.0619 e. The van der Waals surface area contributed by atoms with Crippen molar-refractivity contribution in [1.82, 2.24) is 4.57 Å². The average molecular weight is 737 g/mol. The molecular weight excluding hydrogens is 701 g/mol. The van der Waals surface area contributed by atoms with E-state index in [-0.39, 0.29) is 0 Å². The SMILES string of the molecule is c1ccc(-n2c3cccc(-c4cccc(N(c5cc6ccccc6c6ccccc56)c5cc6ccccc6c6ccccc56)c4)c3c3ccc4ccccc4c32)cc1. The van der Waals surface area contributed by atoms with Gasteiger partial charge in [-0.25, -0.2) is 0 Å². The van der Waals surface area contributed by atoms with Gasteiger partial charge in [0.1, 0.15) is 0 Å². The molecule has 0 aliphatic heterocycles. The van der Waals surface area contributed by atoms with E-state index in [4.69, 9.17) is 0 Å². The highest BCUT2D eigenvalue weighted by molar-refractivity contribution is 6.23. The zero-order valence-electron chi connectivity index (χ0n) is 31.7. The first kappa shape index (κ1) is 32.6. The highest BCUT2D eigenvalue weighted by Gasteiger charge is 2.23. The van der Waals surface area contributed by atoms with Crippen LogP contribution in [0.25, 0.3) is 92.5 Å². The summed E-state index contributed by atoms with van der Waals surface area (Å²) in [5, 5.41) is 14.8. The van der Waals surface area contributed by atoms with Crippen LogP contribution in [0, 0.1) is 0 Å². The summed E-state index contributed by atoms with van der Waals surface area (Å²) in [6.45, 7) is 0. The molecule has 0 unspecified atom stereocenters. The van der Waals surface area contributed by atoms with E-state index in [0.717, 1.165) is 22.7 Å². The molecule has 0 bridgehead atoms. The molecule has 0 aliphatic carbocycles. The monoisotopic (exact) mass is 736 g/mol. The first-order valence-electron chi connectivity index (χ1n) is 20.0. The Kier molecular flexibility index (Phi) is 7.26. The van der Waals surface area contributed by atoms with Gasteiger partial charge in [0.15, 0.2) is 0 Å². The van der Waals surface area contributed by atoms with Gasteiger partial charge in [0, 0.05) is 38.3 Å². The number of hydrogen-bond acceptors (Lipinski definition) is 1. The van der Waals surface area contributed by atoms with Crippen LogP contribution in [0.2, 0.25) is 0 Å². The molecular formula is C56H36N2. The fourth-order valence-corrected chi connectivity index (χ4v) is 9.57. The quantitative estimate of drug-likeness (QED) is 0.160. The minimum Gasteiger partial charge on any atom is -0.309 e. The Morgan fingerprint density at radius 2 is 0.862 bits per heavy atom. The largest absolute Gasteiger partial charge is 0.309 e. The minimum atomic E-state index is 1.10. The Morgan fingerprint density at radius 1 is 0.328 bits per heavy atom. The van der Waals surface area contributed by atoms with Gasteiger partial charge in [-0.3, -0.25) is 0 Å². The topological polar surface area (TPSA) is 8.17 Å². The molecule has 11 aromatic carbocycles. The van der Waals surface area contributed by atoms with Gasteiger partial charge in [0.05, 0.1) is 22.4 Å². The van der Waals surface area contributed by atoms with Crippen molar-refractivity contribution in [1.29, 1.82) is 0 Å². The van der Waals surface area contributed by atoms with Crippen LogP contribution < -0.4 is 4.90 Å². The smallest absolute Gasteiger partial charge is 0.0619 e. The fraction of sp³-hybridized carbons (Fsp3) is 0. The molecule has 0 amide bonds. The first-order chi connectivity index (χ1) is 28.8. The normalized spacial score (nSPS) is 11.8. The Hall–Kier alpha value is -7.68. The lowest BCUT2D eigenvalue weighted by molar-refractivity contribution is 1.19. The summed E-state index contributed by atoms with van der Waals surface area (Å²) >= 11 is 0. The van der Waals surface area contributed by atoms with Gasteiger partial charge in [0.2, 0.25) is 0 Å². The van der Waals surface area contributed by atoms with Crippen molar-refractivity contribution in [3.05, 3.63) is 218 Å². The summed E-state index contributed by atoms with van der Waals surface area (Å²) in [4.78, 5) is 2.51. The molecule has 0 saturated carbocycles. The Bertz CT molecular complexity index is 3460. The van der Waals surface area contributed by atoms with Gasteiger partial charge in [-0.1, -0.05) is 176 Å². The van der Waals surface area contributed by atoms with Crippen LogP contribution in [0.4, 0.5) is 17.1 Å². The number of hydrogen-bond donors (Lipinski definition) is 0. The zero-order chi connectivity index (χ0) is 38.2. The van der Waals surface area contributed by atoms with Crippen LogP contribution in [0.5, 0.6) is 0 Å². The second-order valence-corrected chi connectivity index (χ2v) is 15.3. The Balaban J connectivity index is 1.17. The highest BCUT2D eigenvalue weighted by atomic mass is 15.1. The lowest BCUT2D eigenvalue weighted by Crippen LogP contribution is -2.11. The van der Waals surface area contributed by atoms with Gasteiger partial charge >= 0.3 is 0 Å². The standard InChI is InChI=1S/C56H36N2/c1-2-20-41(21-3-1)58-52-31-15-30-45(55(52)51-33-32-37-16-4-9-25-46(37)56(51)58)38-19-14-22-42(34-38)57(53-35-39-17-5-7-23-43(39)47-26-10-12-28-49(47)53)54-36-40-18-6-8-24-44(40)48-27-11-13-29-50(48)54/h1-36H.